The Morgan fingerprint density at radius 1 is 1.67 bits per heavy atom. The first-order valence-electron chi connectivity index (χ1n) is 4.12. The molecule has 4 heteroatoms. The lowest BCUT2D eigenvalue weighted by Gasteiger charge is -2.21. The number of aliphatic hydroxyl groups is 1. The Hall–Kier alpha value is -0.770. The Kier molecular flexibility index (Phi) is 2.57. The van der Waals surface area contributed by atoms with Crippen LogP contribution in [0.1, 0.15) is 13.8 Å². The number of amides is 1. The van der Waals surface area contributed by atoms with E-state index in [1.165, 1.54) is 4.90 Å². The fraction of sp³-hybridized carbons (Fsp3) is 0.875. The highest BCUT2D eigenvalue weighted by Crippen LogP contribution is 2.22. The average Bonchev–Trinajstić information content (AvgIpc) is 2.29. The Balaban J connectivity index is 2.71. The van der Waals surface area contributed by atoms with Crippen LogP contribution in [0.3, 0.4) is 0 Å². The van der Waals surface area contributed by atoms with Crippen molar-refractivity contribution in [3.05, 3.63) is 0 Å². The highest BCUT2D eigenvalue weighted by Gasteiger charge is 2.40. The quantitative estimate of drug-likeness (QED) is 0.659. The van der Waals surface area contributed by atoms with E-state index in [0.717, 1.165) is 0 Å². The zero-order valence-corrected chi connectivity index (χ0v) is 7.65. The first-order chi connectivity index (χ1) is 5.57. The van der Waals surface area contributed by atoms with Crippen LogP contribution in [0.2, 0.25) is 0 Å². The van der Waals surface area contributed by atoms with Gasteiger partial charge in [0.05, 0.1) is 12.6 Å². The van der Waals surface area contributed by atoms with Gasteiger partial charge in [0.2, 0.25) is 0 Å². The van der Waals surface area contributed by atoms with E-state index in [9.17, 15) is 4.79 Å². The van der Waals surface area contributed by atoms with Crippen molar-refractivity contribution in [2.75, 3.05) is 13.7 Å². The molecule has 0 aromatic rings. The van der Waals surface area contributed by atoms with Crippen molar-refractivity contribution in [3.63, 3.8) is 0 Å². The number of carbonyl (C=O) groups excluding carboxylic acids is 1. The van der Waals surface area contributed by atoms with Gasteiger partial charge in [-0.2, -0.15) is 0 Å². The number of cyclic esters (lactones) is 1. The van der Waals surface area contributed by atoms with Crippen LogP contribution in [0.5, 0.6) is 0 Å². The maximum absolute atomic E-state index is 11.1. The number of carbonyl (C=O) groups is 1. The van der Waals surface area contributed by atoms with E-state index in [2.05, 4.69) is 0 Å². The predicted octanol–water partition coefficient (Wildman–Crippen LogP) is 0.454. The minimum Gasteiger partial charge on any atom is -0.444 e. The maximum atomic E-state index is 11.1. The normalized spacial score (nSPS) is 29.8. The number of hydrogen-bond donors (Lipinski definition) is 1. The Bertz CT molecular complexity index is 181. The smallest absolute Gasteiger partial charge is 0.410 e. The molecule has 1 N–H and O–H groups in total. The molecule has 12 heavy (non-hydrogen) atoms. The van der Waals surface area contributed by atoms with E-state index in [1.807, 2.05) is 13.8 Å². The summed E-state index contributed by atoms with van der Waals surface area (Å²) in [6, 6.07) is -0.183. The number of nitrogens with zero attached hydrogens (tertiary/aromatic N) is 1. The van der Waals surface area contributed by atoms with Crippen molar-refractivity contribution in [2.24, 2.45) is 5.92 Å². The van der Waals surface area contributed by atoms with Crippen LogP contribution in [-0.2, 0) is 4.74 Å². The van der Waals surface area contributed by atoms with Gasteiger partial charge in [-0.25, -0.2) is 4.79 Å². The third-order valence-electron chi connectivity index (χ3n) is 2.25. The molecule has 1 aliphatic heterocycles. The summed E-state index contributed by atoms with van der Waals surface area (Å²) in [5.74, 6) is 0.246. The van der Waals surface area contributed by atoms with Crippen molar-refractivity contribution in [3.8, 4) is 0 Å². The predicted molar refractivity (Wildman–Crippen MR) is 43.7 cm³/mol. The molecule has 1 aliphatic rings. The fourth-order valence-electron chi connectivity index (χ4n) is 1.44. The number of ether oxygens (including phenoxy) is 1. The van der Waals surface area contributed by atoms with Crippen LogP contribution < -0.4 is 0 Å². The summed E-state index contributed by atoms with van der Waals surface area (Å²) >= 11 is 0. The molecule has 1 fully saturated rings. The van der Waals surface area contributed by atoms with Gasteiger partial charge >= 0.3 is 6.09 Å². The van der Waals surface area contributed by atoms with E-state index in [4.69, 9.17) is 9.84 Å². The first kappa shape index (κ1) is 9.32. The zero-order valence-electron chi connectivity index (χ0n) is 7.65. The number of rotatable bonds is 2. The molecular weight excluding hydrogens is 158 g/mol. The van der Waals surface area contributed by atoms with Crippen LogP contribution in [0.4, 0.5) is 4.79 Å². The molecule has 0 aromatic heterocycles. The molecule has 0 bridgehead atoms. The van der Waals surface area contributed by atoms with Gasteiger partial charge < -0.3 is 14.7 Å². The number of aliphatic hydroxyl groups excluding tert-OH is 1. The minimum atomic E-state index is -0.340. The molecule has 0 aromatic carbocycles. The van der Waals surface area contributed by atoms with Crippen molar-refractivity contribution in [1.29, 1.82) is 0 Å². The van der Waals surface area contributed by atoms with Gasteiger partial charge in [0.25, 0.3) is 0 Å². The van der Waals surface area contributed by atoms with Gasteiger partial charge in [0.15, 0.2) is 0 Å². The Morgan fingerprint density at radius 2 is 2.25 bits per heavy atom. The molecule has 2 atom stereocenters. The highest BCUT2D eigenvalue weighted by molar-refractivity contribution is 5.70. The Morgan fingerprint density at radius 3 is 2.58 bits per heavy atom. The molecule has 0 unspecified atom stereocenters. The maximum Gasteiger partial charge on any atom is 0.410 e. The third-order valence-corrected chi connectivity index (χ3v) is 2.25. The second kappa shape index (κ2) is 3.31. The molecule has 1 rings (SSSR count). The monoisotopic (exact) mass is 173 g/mol. The van der Waals surface area contributed by atoms with Gasteiger partial charge in [-0.3, -0.25) is 0 Å². The van der Waals surface area contributed by atoms with Crippen LogP contribution >= 0.6 is 0 Å². The topological polar surface area (TPSA) is 49.8 Å². The van der Waals surface area contributed by atoms with Crippen molar-refractivity contribution < 1.29 is 14.6 Å². The largest absolute Gasteiger partial charge is 0.444 e. The summed E-state index contributed by atoms with van der Waals surface area (Å²) in [4.78, 5) is 12.5. The standard InChI is InChI=1S/C8H15NO3/c1-5(2)7-6(4-10)9(3)8(11)12-7/h5-7,10H,4H2,1-3H3/t6-,7+/m0/s1. The highest BCUT2D eigenvalue weighted by atomic mass is 16.6. The Labute approximate surface area is 72.1 Å². The second-order valence-corrected chi connectivity index (χ2v) is 3.45. The lowest BCUT2D eigenvalue weighted by atomic mass is 10.0. The summed E-state index contributed by atoms with van der Waals surface area (Å²) in [6.45, 7) is 3.91. The van der Waals surface area contributed by atoms with E-state index in [1.54, 1.807) is 7.05 Å². The summed E-state index contributed by atoms with van der Waals surface area (Å²) in [5.41, 5.74) is 0. The summed E-state index contributed by atoms with van der Waals surface area (Å²) in [7, 11) is 1.64. The lowest BCUT2D eigenvalue weighted by molar-refractivity contribution is 0.0859. The van der Waals surface area contributed by atoms with Gasteiger partial charge in [-0.05, 0) is 5.92 Å². The van der Waals surface area contributed by atoms with E-state index >= 15 is 0 Å². The van der Waals surface area contributed by atoms with E-state index in [-0.39, 0.29) is 30.8 Å². The van der Waals surface area contributed by atoms with Crippen LogP contribution in [-0.4, -0.2) is 41.9 Å². The van der Waals surface area contributed by atoms with Crippen LogP contribution in [0.25, 0.3) is 0 Å². The van der Waals surface area contributed by atoms with E-state index in [0.29, 0.717) is 0 Å². The average molecular weight is 173 g/mol. The summed E-state index contributed by atoms with van der Waals surface area (Å²) < 4.78 is 5.07. The molecule has 0 saturated carbocycles. The molecule has 1 amide bonds. The van der Waals surface area contributed by atoms with Gasteiger partial charge in [0.1, 0.15) is 6.10 Å². The van der Waals surface area contributed by atoms with E-state index < -0.39 is 0 Å². The van der Waals surface area contributed by atoms with Crippen molar-refractivity contribution >= 4 is 6.09 Å². The summed E-state index contributed by atoms with van der Waals surface area (Å²) in [5, 5.41) is 9.00. The second-order valence-electron chi connectivity index (χ2n) is 3.45. The summed E-state index contributed by atoms with van der Waals surface area (Å²) in [6.07, 6.45) is -0.514. The first-order valence-corrected chi connectivity index (χ1v) is 4.12. The molecule has 1 saturated heterocycles. The third kappa shape index (κ3) is 1.39. The van der Waals surface area contributed by atoms with Crippen LogP contribution in [0, 0.1) is 5.92 Å². The number of likely N-dealkylation sites (N-methyl/N-ethyl adjacent to an activating group) is 1. The van der Waals surface area contributed by atoms with Gasteiger partial charge in [-0.15, -0.1) is 0 Å². The van der Waals surface area contributed by atoms with Crippen molar-refractivity contribution in [2.45, 2.75) is 26.0 Å². The molecule has 70 valence electrons. The molecule has 0 aliphatic carbocycles. The molecule has 1 heterocycles. The zero-order chi connectivity index (χ0) is 9.30. The molecule has 0 spiro atoms. The SMILES string of the molecule is CC(C)[C@H]1OC(=O)N(C)[C@H]1CO. The molecule has 4 nitrogen and oxygen atoms in total. The minimum absolute atomic E-state index is 0.0366. The van der Waals surface area contributed by atoms with Crippen molar-refractivity contribution in [1.82, 2.24) is 4.90 Å². The van der Waals surface area contributed by atoms with Gasteiger partial charge in [-0.1, -0.05) is 13.8 Å². The fourth-order valence-corrected chi connectivity index (χ4v) is 1.44. The molecular formula is C8H15NO3. The van der Waals surface area contributed by atoms with Crippen LogP contribution in [0.15, 0.2) is 0 Å². The number of hydrogen-bond acceptors (Lipinski definition) is 3. The molecule has 0 radical (unpaired) electrons. The van der Waals surface area contributed by atoms with Gasteiger partial charge in [0, 0.05) is 7.05 Å². The lowest BCUT2D eigenvalue weighted by Crippen LogP contribution is -2.38.